The van der Waals surface area contributed by atoms with Crippen molar-refractivity contribution in [3.63, 3.8) is 0 Å². The van der Waals surface area contributed by atoms with Gasteiger partial charge in [-0.15, -0.1) is 0 Å². The minimum atomic E-state index is -0.770. The fourth-order valence-corrected chi connectivity index (χ4v) is 2.05. The number of carbonyl (C=O) groups is 1. The van der Waals surface area contributed by atoms with Crippen molar-refractivity contribution in [3.05, 3.63) is 55.0 Å². The number of carboxylic acid groups (broad SMARTS) is 1. The van der Waals surface area contributed by atoms with E-state index in [1.165, 1.54) is 0 Å². The lowest BCUT2D eigenvalue weighted by molar-refractivity contribution is -0.141. The van der Waals surface area contributed by atoms with Gasteiger partial charge in [-0.05, 0) is 29.2 Å². The van der Waals surface area contributed by atoms with Gasteiger partial charge in [0.05, 0.1) is 5.92 Å². The van der Waals surface area contributed by atoms with E-state index < -0.39 is 11.9 Å². The first-order valence-corrected chi connectivity index (χ1v) is 5.71. The van der Waals surface area contributed by atoms with Gasteiger partial charge in [-0.25, -0.2) is 0 Å². The van der Waals surface area contributed by atoms with Crippen LogP contribution in [0.25, 0.3) is 10.8 Å². The molecule has 0 amide bonds. The molecule has 1 unspecified atom stereocenters. The predicted molar refractivity (Wildman–Crippen MR) is 68.8 cm³/mol. The molecule has 0 bridgehead atoms. The Balaban J connectivity index is 2.38. The lowest BCUT2D eigenvalue weighted by Gasteiger charge is -2.11. The van der Waals surface area contributed by atoms with Crippen LogP contribution in [-0.2, 0) is 11.2 Å². The van der Waals surface area contributed by atoms with Crippen molar-refractivity contribution in [2.24, 2.45) is 5.92 Å². The number of hydrogen-bond donors (Lipinski definition) is 1. The minimum absolute atomic E-state index is 0.402. The summed E-state index contributed by atoms with van der Waals surface area (Å²) in [5.41, 5.74) is 1.08. The molecule has 0 heterocycles. The largest absolute Gasteiger partial charge is 0.481 e. The maximum Gasteiger partial charge on any atom is 0.306 e. The van der Waals surface area contributed by atoms with Crippen molar-refractivity contribution in [1.82, 2.24) is 0 Å². The highest BCUT2D eigenvalue weighted by molar-refractivity contribution is 5.86. The second kappa shape index (κ2) is 5.00. The predicted octanol–water partition coefficient (Wildman–Crippen LogP) is 3.31. The Bertz CT molecular complexity index is 526. The third-order valence-electron chi connectivity index (χ3n) is 3.04. The van der Waals surface area contributed by atoms with Gasteiger partial charge in [0.2, 0.25) is 0 Å². The fraction of sp³-hybridized carbons (Fsp3) is 0.200. The van der Waals surface area contributed by atoms with Crippen molar-refractivity contribution in [2.45, 2.75) is 12.8 Å². The van der Waals surface area contributed by atoms with Gasteiger partial charge in [0.1, 0.15) is 0 Å². The van der Waals surface area contributed by atoms with E-state index in [1.54, 1.807) is 0 Å². The monoisotopic (exact) mass is 227 g/mol. The molecule has 2 nitrogen and oxygen atoms in total. The van der Waals surface area contributed by atoms with Crippen LogP contribution >= 0.6 is 0 Å². The molecule has 2 aromatic carbocycles. The van der Waals surface area contributed by atoms with Crippen LogP contribution in [0.3, 0.4) is 0 Å². The maximum atomic E-state index is 11.0. The lowest BCUT2D eigenvalue weighted by atomic mass is 9.93. The van der Waals surface area contributed by atoms with Crippen LogP contribution in [0.5, 0.6) is 0 Å². The molecule has 17 heavy (non-hydrogen) atoms. The molecule has 2 heteroatoms. The highest BCUT2D eigenvalue weighted by atomic mass is 16.4. The number of hydrogen-bond acceptors (Lipinski definition) is 1. The van der Waals surface area contributed by atoms with Crippen LogP contribution in [0.15, 0.2) is 42.5 Å². The van der Waals surface area contributed by atoms with Gasteiger partial charge in [0.15, 0.2) is 0 Å². The summed E-state index contributed by atoms with van der Waals surface area (Å²) in [5, 5.41) is 11.4. The maximum absolute atomic E-state index is 11.0. The summed E-state index contributed by atoms with van der Waals surface area (Å²) in [4.78, 5) is 11.0. The molecule has 0 aliphatic heterocycles. The smallest absolute Gasteiger partial charge is 0.306 e. The molecular formula is C15H15O2. The van der Waals surface area contributed by atoms with Crippen molar-refractivity contribution >= 4 is 16.7 Å². The Morgan fingerprint density at radius 3 is 2.59 bits per heavy atom. The molecule has 0 spiro atoms. The van der Waals surface area contributed by atoms with Crippen LogP contribution in [-0.4, -0.2) is 11.1 Å². The summed E-state index contributed by atoms with van der Waals surface area (Å²) >= 11 is 0. The van der Waals surface area contributed by atoms with Crippen LogP contribution < -0.4 is 0 Å². The first-order chi connectivity index (χ1) is 8.22. The molecule has 1 N–H and O–H groups in total. The average molecular weight is 227 g/mol. The molecule has 0 fully saturated rings. The lowest BCUT2D eigenvalue weighted by Crippen LogP contribution is -2.15. The quantitative estimate of drug-likeness (QED) is 0.870. The summed E-state index contributed by atoms with van der Waals surface area (Å²) in [6.45, 7) is 3.70. The summed E-state index contributed by atoms with van der Waals surface area (Å²) in [6, 6.07) is 14.0. The zero-order chi connectivity index (χ0) is 12.3. The number of benzene rings is 2. The first-order valence-electron chi connectivity index (χ1n) is 5.71. The fourth-order valence-electron chi connectivity index (χ4n) is 2.05. The van der Waals surface area contributed by atoms with E-state index in [1.807, 2.05) is 42.5 Å². The van der Waals surface area contributed by atoms with Gasteiger partial charge in [-0.1, -0.05) is 49.4 Å². The van der Waals surface area contributed by atoms with Crippen molar-refractivity contribution in [3.8, 4) is 0 Å². The number of fused-ring (bicyclic) bond motifs is 1. The summed E-state index contributed by atoms with van der Waals surface area (Å²) < 4.78 is 0. The van der Waals surface area contributed by atoms with E-state index in [0.717, 1.165) is 16.3 Å². The van der Waals surface area contributed by atoms with Crippen LogP contribution in [0, 0.1) is 12.8 Å². The van der Waals surface area contributed by atoms with E-state index in [2.05, 4.69) is 6.92 Å². The second-order valence-electron chi connectivity index (χ2n) is 4.17. The first kappa shape index (κ1) is 11.6. The Morgan fingerprint density at radius 1 is 1.18 bits per heavy atom. The molecule has 0 saturated carbocycles. The molecule has 0 aliphatic rings. The van der Waals surface area contributed by atoms with Gasteiger partial charge >= 0.3 is 5.97 Å². The Morgan fingerprint density at radius 2 is 1.88 bits per heavy atom. The molecule has 2 aromatic rings. The zero-order valence-electron chi connectivity index (χ0n) is 9.60. The third-order valence-corrected chi connectivity index (χ3v) is 3.04. The van der Waals surface area contributed by atoms with E-state index in [0.29, 0.717) is 12.8 Å². The molecule has 1 atom stereocenters. The summed E-state index contributed by atoms with van der Waals surface area (Å²) in [5.74, 6) is -1.17. The molecule has 0 aliphatic carbocycles. The molecule has 1 radical (unpaired) electrons. The highest BCUT2D eigenvalue weighted by Gasteiger charge is 2.16. The van der Waals surface area contributed by atoms with Gasteiger partial charge in [-0.2, -0.15) is 0 Å². The molecule has 0 saturated heterocycles. The molecular weight excluding hydrogens is 212 g/mol. The SMILES string of the molecule is [CH2]CC(Cc1cccc2ccccc12)C(=O)O. The molecule has 87 valence electrons. The Hall–Kier alpha value is -1.83. The zero-order valence-corrected chi connectivity index (χ0v) is 9.60. The number of aliphatic carboxylic acids is 1. The third kappa shape index (κ3) is 2.47. The van der Waals surface area contributed by atoms with Gasteiger partial charge in [0.25, 0.3) is 0 Å². The van der Waals surface area contributed by atoms with Crippen LogP contribution in [0.4, 0.5) is 0 Å². The average Bonchev–Trinajstić information content (AvgIpc) is 2.35. The van der Waals surface area contributed by atoms with Gasteiger partial charge < -0.3 is 5.11 Å². The summed E-state index contributed by atoms with van der Waals surface area (Å²) in [7, 11) is 0. The summed E-state index contributed by atoms with van der Waals surface area (Å²) in [6.07, 6.45) is 0.957. The van der Waals surface area contributed by atoms with Crippen LogP contribution in [0.2, 0.25) is 0 Å². The van der Waals surface area contributed by atoms with Crippen molar-refractivity contribution in [1.29, 1.82) is 0 Å². The topological polar surface area (TPSA) is 37.3 Å². The van der Waals surface area contributed by atoms with Crippen LogP contribution in [0.1, 0.15) is 12.0 Å². The Labute approximate surface area is 101 Å². The second-order valence-corrected chi connectivity index (χ2v) is 4.17. The van der Waals surface area contributed by atoms with E-state index in [-0.39, 0.29) is 0 Å². The standard InChI is InChI=1S/C15H15O2/c1-2-11(15(16)17)10-13-8-5-7-12-6-3-4-9-14(12)13/h3-9,11H,1-2,10H2,(H,16,17). The minimum Gasteiger partial charge on any atom is -0.481 e. The molecule has 2 rings (SSSR count). The molecule has 0 aromatic heterocycles. The Kier molecular flexibility index (Phi) is 3.43. The van der Waals surface area contributed by atoms with Gasteiger partial charge in [-0.3, -0.25) is 4.79 Å². The number of rotatable bonds is 4. The van der Waals surface area contributed by atoms with Crippen molar-refractivity contribution < 1.29 is 9.90 Å². The van der Waals surface area contributed by atoms with E-state index in [4.69, 9.17) is 5.11 Å². The highest BCUT2D eigenvalue weighted by Crippen LogP contribution is 2.22. The number of carboxylic acids is 1. The van der Waals surface area contributed by atoms with Gasteiger partial charge in [0, 0.05) is 0 Å². The van der Waals surface area contributed by atoms with E-state index >= 15 is 0 Å². The van der Waals surface area contributed by atoms with E-state index in [9.17, 15) is 4.79 Å². The normalized spacial score (nSPS) is 12.5. The van der Waals surface area contributed by atoms with Crippen molar-refractivity contribution in [2.75, 3.05) is 0 Å².